The molecule has 0 radical (unpaired) electrons. The van der Waals surface area contributed by atoms with Crippen molar-refractivity contribution in [2.45, 2.75) is 67.7 Å². The molecule has 48 heavy (non-hydrogen) atoms. The molecule has 0 amide bonds. The summed E-state index contributed by atoms with van der Waals surface area (Å²) in [5, 5.41) is 72.5. The lowest BCUT2D eigenvalue weighted by Crippen LogP contribution is -2.75. The molecule has 2 bridgehead atoms. The number of hydrogen-bond acceptors (Lipinski definition) is 13. The van der Waals surface area contributed by atoms with Gasteiger partial charge in [-0.15, -0.1) is 0 Å². The van der Waals surface area contributed by atoms with Gasteiger partial charge in [-0.05, 0) is 78.8 Å². The van der Waals surface area contributed by atoms with E-state index in [4.69, 9.17) is 19.9 Å². The zero-order valence-corrected chi connectivity index (χ0v) is 25.9. The van der Waals surface area contributed by atoms with Crippen LogP contribution in [0.1, 0.15) is 48.8 Å². The Kier molecular flexibility index (Phi) is 9.97. The number of carbonyl (C=O) groups excluding carboxylic acids is 2. The van der Waals surface area contributed by atoms with Crippen LogP contribution in [0.5, 0.6) is 23.0 Å². The summed E-state index contributed by atoms with van der Waals surface area (Å²) < 4.78 is 17.4. The zero-order chi connectivity index (χ0) is 34.9. The van der Waals surface area contributed by atoms with Crippen LogP contribution < -0.4 is 10.5 Å². The number of aliphatic hydroxyl groups excluding tert-OH is 2. The first-order valence-corrected chi connectivity index (χ1v) is 15.5. The van der Waals surface area contributed by atoms with E-state index in [9.17, 15) is 50.1 Å². The number of phenols is 3. The monoisotopic (exact) mass is 669 g/mol. The summed E-state index contributed by atoms with van der Waals surface area (Å²) in [5.41, 5.74) is 0.928. The summed E-state index contributed by atoms with van der Waals surface area (Å²) >= 11 is 0. The molecule has 3 fully saturated rings. The minimum absolute atomic E-state index is 0.0283. The molecule has 0 unspecified atom stereocenters. The predicted octanol–water partition coefficient (Wildman–Crippen LogP) is 1.16. The number of ether oxygens (including phenoxy) is 3. The van der Waals surface area contributed by atoms with E-state index in [1.807, 2.05) is 0 Å². The Balaban J connectivity index is 1.33. The SMILES string of the molecule is NCCOc1ccc(C=CC(=O)CO[C@]2(C(=O)O)C[C@@H](O)[C@@]3(O)CC[C@@]4(C(=O)C=Cc5cc(O)c(O)cc5CO)CC[C@H]2[C@H]3O4)cc1O. The third-order valence-electron chi connectivity index (χ3n) is 9.60. The Bertz CT molecular complexity index is 1640. The van der Waals surface area contributed by atoms with Crippen molar-refractivity contribution in [3.63, 3.8) is 0 Å². The molecule has 14 nitrogen and oxygen atoms in total. The van der Waals surface area contributed by atoms with Crippen LogP contribution in [-0.2, 0) is 30.5 Å². The number of carboxylic acids is 1. The number of fused-ring (bicyclic) bond motifs is 1. The quantitative estimate of drug-likeness (QED) is 0.110. The number of benzene rings is 2. The summed E-state index contributed by atoms with van der Waals surface area (Å²) in [7, 11) is 0. The number of hydrogen-bond donors (Lipinski definition) is 8. The number of nitrogens with two attached hydrogens (primary N) is 1. The van der Waals surface area contributed by atoms with E-state index < -0.39 is 83.6 Å². The number of carbonyl (C=O) groups is 3. The molecule has 14 heteroatoms. The lowest BCUT2D eigenvalue weighted by atomic mass is 9.56. The molecule has 5 rings (SSSR count). The van der Waals surface area contributed by atoms with Crippen molar-refractivity contribution in [3.8, 4) is 23.0 Å². The molecule has 6 atom stereocenters. The summed E-state index contributed by atoms with van der Waals surface area (Å²) in [6.07, 6.45) is 1.71. The highest BCUT2D eigenvalue weighted by molar-refractivity contribution is 6.00. The van der Waals surface area contributed by atoms with Crippen LogP contribution in [-0.4, -0.2) is 102 Å². The molecule has 0 aromatic heterocycles. The van der Waals surface area contributed by atoms with Gasteiger partial charge in [0.1, 0.15) is 24.4 Å². The largest absolute Gasteiger partial charge is 0.504 e. The van der Waals surface area contributed by atoms with Gasteiger partial charge in [-0.3, -0.25) is 9.59 Å². The van der Waals surface area contributed by atoms with E-state index in [-0.39, 0.29) is 61.5 Å². The van der Waals surface area contributed by atoms with E-state index in [1.165, 1.54) is 36.4 Å². The number of aliphatic hydroxyl groups is 3. The second-order valence-corrected chi connectivity index (χ2v) is 12.4. The Morgan fingerprint density at radius 1 is 1.00 bits per heavy atom. The minimum Gasteiger partial charge on any atom is -0.504 e. The zero-order valence-electron chi connectivity index (χ0n) is 25.9. The van der Waals surface area contributed by atoms with Crippen molar-refractivity contribution in [2.75, 3.05) is 19.8 Å². The molecule has 2 heterocycles. The first-order chi connectivity index (χ1) is 22.8. The topological polar surface area (TPSA) is 247 Å². The lowest BCUT2D eigenvalue weighted by Gasteiger charge is -2.61. The molecular weight excluding hydrogens is 630 g/mol. The van der Waals surface area contributed by atoms with Gasteiger partial charge < -0.3 is 55.7 Å². The highest BCUT2D eigenvalue weighted by Crippen LogP contribution is 2.56. The fourth-order valence-corrected chi connectivity index (χ4v) is 6.94. The molecule has 9 N–H and O–H groups in total. The normalized spacial score (nSPS) is 29.6. The number of rotatable bonds is 13. The Morgan fingerprint density at radius 2 is 1.75 bits per heavy atom. The van der Waals surface area contributed by atoms with Crippen LogP contribution in [0.25, 0.3) is 12.2 Å². The van der Waals surface area contributed by atoms with E-state index in [0.717, 1.165) is 12.1 Å². The molecule has 2 aromatic rings. The van der Waals surface area contributed by atoms with E-state index in [2.05, 4.69) is 0 Å². The minimum atomic E-state index is -2.12. The van der Waals surface area contributed by atoms with Crippen LogP contribution in [0.15, 0.2) is 42.5 Å². The molecule has 1 saturated carbocycles. The lowest BCUT2D eigenvalue weighted by molar-refractivity contribution is -0.323. The Labute approximate surface area is 275 Å². The second kappa shape index (κ2) is 13.7. The predicted molar refractivity (Wildman–Crippen MR) is 168 cm³/mol. The molecule has 1 aliphatic carbocycles. The molecule has 2 saturated heterocycles. The average Bonchev–Trinajstić information content (AvgIpc) is 3.06. The maximum Gasteiger partial charge on any atom is 0.336 e. The van der Waals surface area contributed by atoms with Gasteiger partial charge in [0.2, 0.25) is 0 Å². The molecule has 258 valence electrons. The van der Waals surface area contributed by atoms with E-state index >= 15 is 0 Å². The van der Waals surface area contributed by atoms with Gasteiger partial charge in [-0.1, -0.05) is 18.2 Å². The van der Waals surface area contributed by atoms with Crippen molar-refractivity contribution >= 4 is 29.7 Å². The van der Waals surface area contributed by atoms with Gasteiger partial charge in [0.25, 0.3) is 0 Å². The summed E-state index contributed by atoms with van der Waals surface area (Å²) in [6.45, 7) is -0.693. The van der Waals surface area contributed by atoms with Crippen molar-refractivity contribution in [2.24, 2.45) is 11.7 Å². The van der Waals surface area contributed by atoms with E-state index in [0.29, 0.717) is 5.56 Å². The van der Waals surface area contributed by atoms with Crippen molar-refractivity contribution in [1.29, 1.82) is 0 Å². The van der Waals surface area contributed by atoms with Crippen molar-refractivity contribution in [3.05, 3.63) is 59.2 Å². The smallest absolute Gasteiger partial charge is 0.336 e. The number of carboxylic acid groups (broad SMARTS) is 1. The third-order valence-corrected chi connectivity index (χ3v) is 9.60. The molecule has 2 aromatic carbocycles. The van der Waals surface area contributed by atoms with Gasteiger partial charge in [-0.25, -0.2) is 4.79 Å². The first-order valence-electron chi connectivity index (χ1n) is 15.5. The van der Waals surface area contributed by atoms with Crippen LogP contribution in [0.3, 0.4) is 0 Å². The maximum absolute atomic E-state index is 13.6. The van der Waals surface area contributed by atoms with Crippen LogP contribution >= 0.6 is 0 Å². The number of aliphatic carboxylic acids is 1. The fraction of sp³-hybridized carbons (Fsp3) is 0.441. The average molecular weight is 670 g/mol. The number of aromatic hydroxyl groups is 3. The van der Waals surface area contributed by atoms with E-state index in [1.54, 1.807) is 6.07 Å². The summed E-state index contributed by atoms with van der Waals surface area (Å²) in [5.74, 6) is -4.43. The molecule has 3 aliphatic rings. The summed E-state index contributed by atoms with van der Waals surface area (Å²) in [4.78, 5) is 39.2. The van der Waals surface area contributed by atoms with Gasteiger partial charge in [0.15, 0.2) is 40.2 Å². The van der Waals surface area contributed by atoms with Crippen molar-refractivity contribution in [1.82, 2.24) is 0 Å². The van der Waals surface area contributed by atoms with Crippen LogP contribution in [0.2, 0.25) is 0 Å². The second-order valence-electron chi connectivity index (χ2n) is 12.4. The van der Waals surface area contributed by atoms with Gasteiger partial charge >= 0.3 is 5.97 Å². The van der Waals surface area contributed by atoms with Crippen molar-refractivity contribution < 1.29 is 64.3 Å². The fourth-order valence-electron chi connectivity index (χ4n) is 6.94. The highest BCUT2D eigenvalue weighted by atomic mass is 16.6. The first kappa shape index (κ1) is 35.0. The Morgan fingerprint density at radius 3 is 2.44 bits per heavy atom. The number of ketones is 2. The number of phenolic OH excluding ortho intramolecular Hbond substituents is 3. The van der Waals surface area contributed by atoms with Gasteiger partial charge in [0, 0.05) is 18.9 Å². The van der Waals surface area contributed by atoms with Gasteiger partial charge in [-0.2, -0.15) is 0 Å². The molecule has 2 aliphatic heterocycles. The van der Waals surface area contributed by atoms with Crippen LogP contribution in [0, 0.1) is 5.92 Å². The summed E-state index contributed by atoms with van der Waals surface area (Å²) in [6, 6.07) is 6.83. The van der Waals surface area contributed by atoms with Crippen LogP contribution in [0.4, 0.5) is 0 Å². The third kappa shape index (κ3) is 6.42. The standard InChI is InChI=1S/C34H39NO13/c35-11-12-46-27-5-2-19(13-26(27)40)1-4-22(37)18-47-34(31(43)44)16-29(42)33(45)10-9-32(8-7-23(34)30(33)48-32)28(41)6-3-20-14-24(38)25(39)15-21(20)17-36/h1-6,13-15,23,29-30,36,38-40,42,45H,7-12,16-18,35H2,(H,43,44)/t23-,29+,30+,32+,33-,34+/m0/s1. The highest BCUT2D eigenvalue weighted by Gasteiger charge is 2.70. The van der Waals surface area contributed by atoms with Gasteiger partial charge in [0.05, 0.1) is 18.8 Å². The molecule has 0 spiro atoms. The maximum atomic E-state index is 13.6. The Hall–Kier alpha value is -4.31. The molecular formula is C34H39NO13.